The quantitative estimate of drug-likeness (QED) is 0.232. The van der Waals surface area contributed by atoms with Crippen molar-refractivity contribution in [1.82, 2.24) is 10.6 Å². The molecule has 0 aromatic heterocycles. The Hall–Kier alpha value is -2.57. The summed E-state index contributed by atoms with van der Waals surface area (Å²) in [5.41, 5.74) is 0.141. The first-order valence-corrected chi connectivity index (χ1v) is 13.2. The molecule has 7 nitrogen and oxygen atoms in total. The molecule has 0 saturated heterocycles. The van der Waals surface area contributed by atoms with Crippen LogP contribution in [0.15, 0.2) is 30.3 Å². The van der Waals surface area contributed by atoms with E-state index in [1.165, 1.54) is 38.5 Å². The van der Waals surface area contributed by atoms with Gasteiger partial charge in [-0.3, -0.25) is 4.79 Å². The zero-order valence-corrected chi connectivity index (χ0v) is 22.1. The third kappa shape index (κ3) is 15.1. The summed E-state index contributed by atoms with van der Waals surface area (Å²) in [6.45, 7) is 7.44. The standard InChI is InChI=1S/C28H46N2O5/c1-5-6-7-8-9-10-11-12-13-17-20-23(26(32)33)29-25(31)24(21-22-18-15-14-16-19-22)30-27(34)35-28(2,3)4/h14-16,18-19,23-24H,5-13,17,20-21H2,1-4H3,(H,29,31)(H,30,34)(H,32,33)/t23-,24+/m0/s1. The maximum Gasteiger partial charge on any atom is 0.408 e. The van der Waals surface area contributed by atoms with E-state index in [-0.39, 0.29) is 6.42 Å². The number of benzene rings is 1. The number of amides is 2. The van der Waals surface area contributed by atoms with Crippen LogP contribution >= 0.6 is 0 Å². The van der Waals surface area contributed by atoms with E-state index < -0.39 is 35.7 Å². The smallest absolute Gasteiger partial charge is 0.408 e. The van der Waals surface area contributed by atoms with Crippen LogP contribution < -0.4 is 10.6 Å². The summed E-state index contributed by atoms with van der Waals surface area (Å²) in [5.74, 6) is -1.59. The normalized spacial score (nSPS) is 13.0. The van der Waals surface area contributed by atoms with Gasteiger partial charge in [0.15, 0.2) is 0 Å². The number of carboxylic acids is 1. The molecular formula is C28H46N2O5. The minimum atomic E-state index is -1.06. The van der Waals surface area contributed by atoms with E-state index in [1.807, 2.05) is 30.3 Å². The Morgan fingerprint density at radius 3 is 1.89 bits per heavy atom. The molecule has 1 aromatic rings. The van der Waals surface area contributed by atoms with Gasteiger partial charge in [-0.05, 0) is 32.8 Å². The third-order valence-electron chi connectivity index (χ3n) is 5.75. The highest BCUT2D eigenvalue weighted by molar-refractivity contribution is 5.89. The van der Waals surface area contributed by atoms with Crippen LogP contribution in [-0.2, 0) is 20.7 Å². The maximum absolute atomic E-state index is 13.0. The van der Waals surface area contributed by atoms with Gasteiger partial charge in [0.25, 0.3) is 0 Å². The molecule has 1 rings (SSSR count). The van der Waals surface area contributed by atoms with Gasteiger partial charge in [-0.2, -0.15) is 0 Å². The molecule has 1 aromatic carbocycles. The van der Waals surface area contributed by atoms with E-state index in [4.69, 9.17) is 4.74 Å². The van der Waals surface area contributed by atoms with Gasteiger partial charge in [0, 0.05) is 6.42 Å². The number of aliphatic carboxylic acids is 1. The summed E-state index contributed by atoms with van der Waals surface area (Å²) in [6.07, 6.45) is 11.4. The molecule has 0 saturated carbocycles. The Morgan fingerprint density at radius 1 is 0.829 bits per heavy atom. The highest BCUT2D eigenvalue weighted by Gasteiger charge is 2.28. The van der Waals surface area contributed by atoms with Crippen LogP contribution in [0, 0.1) is 0 Å². The predicted molar refractivity (Wildman–Crippen MR) is 139 cm³/mol. The van der Waals surface area contributed by atoms with Crippen molar-refractivity contribution in [3.8, 4) is 0 Å². The molecule has 2 atom stereocenters. The molecule has 0 aliphatic rings. The third-order valence-corrected chi connectivity index (χ3v) is 5.75. The molecule has 0 radical (unpaired) electrons. The van der Waals surface area contributed by atoms with Gasteiger partial charge in [0.05, 0.1) is 0 Å². The monoisotopic (exact) mass is 490 g/mol. The molecule has 7 heteroatoms. The first kappa shape index (κ1) is 30.5. The van der Waals surface area contributed by atoms with Gasteiger partial charge in [0.2, 0.25) is 5.91 Å². The van der Waals surface area contributed by atoms with Crippen molar-refractivity contribution >= 4 is 18.0 Å². The largest absolute Gasteiger partial charge is 0.480 e. The van der Waals surface area contributed by atoms with Gasteiger partial charge < -0.3 is 20.5 Å². The number of ether oxygens (including phenoxy) is 1. The van der Waals surface area contributed by atoms with Crippen LogP contribution in [-0.4, -0.2) is 40.8 Å². The Morgan fingerprint density at radius 2 is 1.37 bits per heavy atom. The average Bonchev–Trinajstić information content (AvgIpc) is 2.78. The SMILES string of the molecule is CCCCCCCCCCCC[C@H](NC(=O)[C@@H](Cc1ccccc1)NC(=O)OC(C)(C)C)C(=O)O. The highest BCUT2D eigenvalue weighted by atomic mass is 16.6. The predicted octanol–water partition coefficient (Wildman–Crippen LogP) is 6.00. The Bertz CT molecular complexity index is 745. The van der Waals surface area contributed by atoms with E-state index in [9.17, 15) is 19.5 Å². The van der Waals surface area contributed by atoms with Crippen molar-refractivity contribution in [1.29, 1.82) is 0 Å². The molecule has 0 heterocycles. The number of nitrogens with one attached hydrogen (secondary N) is 2. The topological polar surface area (TPSA) is 105 Å². The van der Waals surface area contributed by atoms with Crippen LogP contribution in [0.1, 0.15) is 104 Å². The summed E-state index contributed by atoms with van der Waals surface area (Å²) in [4.78, 5) is 37.1. The lowest BCUT2D eigenvalue weighted by Crippen LogP contribution is -2.53. The van der Waals surface area contributed by atoms with Gasteiger partial charge in [-0.15, -0.1) is 0 Å². The Kier molecular flexibility index (Phi) is 14.8. The maximum atomic E-state index is 13.0. The molecule has 0 bridgehead atoms. The molecule has 3 N–H and O–H groups in total. The van der Waals surface area contributed by atoms with E-state index in [1.54, 1.807) is 20.8 Å². The number of unbranched alkanes of at least 4 members (excludes halogenated alkanes) is 9. The fraction of sp³-hybridized carbons (Fsp3) is 0.679. The van der Waals surface area contributed by atoms with Crippen LogP contribution in [0.25, 0.3) is 0 Å². The van der Waals surface area contributed by atoms with Crippen molar-refractivity contribution in [3.63, 3.8) is 0 Å². The van der Waals surface area contributed by atoms with Crippen molar-refractivity contribution in [2.45, 2.75) is 122 Å². The summed E-state index contributed by atoms with van der Waals surface area (Å²) < 4.78 is 5.30. The van der Waals surface area contributed by atoms with Crippen LogP contribution in [0.5, 0.6) is 0 Å². The Labute approximate surface area is 211 Å². The highest BCUT2D eigenvalue weighted by Crippen LogP contribution is 2.13. The minimum Gasteiger partial charge on any atom is -0.480 e. The Balaban J connectivity index is 2.57. The lowest BCUT2D eigenvalue weighted by Gasteiger charge is -2.24. The van der Waals surface area contributed by atoms with Crippen LogP contribution in [0.3, 0.4) is 0 Å². The second-order valence-electron chi connectivity index (χ2n) is 10.3. The first-order valence-electron chi connectivity index (χ1n) is 13.2. The van der Waals surface area contributed by atoms with E-state index in [0.717, 1.165) is 31.2 Å². The summed E-state index contributed by atoms with van der Waals surface area (Å²) in [5, 5.41) is 14.9. The van der Waals surface area contributed by atoms with E-state index in [2.05, 4.69) is 17.6 Å². The number of rotatable bonds is 17. The lowest BCUT2D eigenvalue weighted by molar-refractivity contribution is -0.142. The van der Waals surface area contributed by atoms with Crippen molar-refractivity contribution in [2.75, 3.05) is 0 Å². The molecule has 0 unspecified atom stereocenters. The number of carbonyl (C=O) groups excluding carboxylic acids is 2. The van der Waals surface area contributed by atoms with Crippen LogP contribution in [0.2, 0.25) is 0 Å². The van der Waals surface area contributed by atoms with Crippen molar-refractivity contribution in [3.05, 3.63) is 35.9 Å². The van der Waals surface area contributed by atoms with Crippen LogP contribution in [0.4, 0.5) is 4.79 Å². The molecule has 0 aliphatic carbocycles. The van der Waals surface area contributed by atoms with Gasteiger partial charge in [-0.25, -0.2) is 9.59 Å². The van der Waals surface area contributed by atoms with Gasteiger partial charge >= 0.3 is 12.1 Å². The summed E-state index contributed by atoms with van der Waals surface area (Å²) >= 11 is 0. The lowest BCUT2D eigenvalue weighted by atomic mass is 10.0. The van der Waals surface area contributed by atoms with E-state index >= 15 is 0 Å². The summed E-state index contributed by atoms with van der Waals surface area (Å²) in [7, 11) is 0. The zero-order valence-electron chi connectivity index (χ0n) is 22.1. The van der Waals surface area contributed by atoms with E-state index in [0.29, 0.717) is 6.42 Å². The fourth-order valence-electron chi connectivity index (χ4n) is 3.87. The molecule has 0 fully saturated rings. The molecule has 2 amide bonds. The summed E-state index contributed by atoms with van der Waals surface area (Å²) in [6, 6.07) is 7.35. The van der Waals surface area contributed by atoms with Crippen molar-refractivity contribution in [2.24, 2.45) is 0 Å². The fourth-order valence-corrected chi connectivity index (χ4v) is 3.87. The molecule has 198 valence electrons. The number of alkyl carbamates (subject to hydrolysis) is 1. The molecule has 0 aliphatic heterocycles. The number of hydrogen-bond acceptors (Lipinski definition) is 4. The average molecular weight is 491 g/mol. The number of carbonyl (C=O) groups is 3. The number of carboxylic acid groups (broad SMARTS) is 1. The van der Waals surface area contributed by atoms with Gasteiger partial charge in [-0.1, -0.05) is 101 Å². The molecule has 0 spiro atoms. The second kappa shape index (κ2) is 17.0. The van der Waals surface area contributed by atoms with Crippen molar-refractivity contribution < 1.29 is 24.2 Å². The second-order valence-corrected chi connectivity index (χ2v) is 10.3. The van der Waals surface area contributed by atoms with Gasteiger partial charge in [0.1, 0.15) is 17.7 Å². The molecular weight excluding hydrogens is 444 g/mol. The first-order chi connectivity index (χ1) is 16.6. The minimum absolute atomic E-state index is 0.233. The molecule has 35 heavy (non-hydrogen) atoms. The zero-order chi connectivity index (χ0) is 26.1. The number of hydrogen-bond donors (Lipinski definition) is 3.